The molecular formula is C12H26N2O2. The van der Waals surface area contributed by atoms with Crippen LogP contribution in [0.15, 0.2) is 0 Å². The smallest absolute Gasteiger partial charge is 0.0936 e. The number of morpholine rings is 1. The second kappa shape index (κ2) is 5.45. The minimum atomic E-state index is -0.0485. The summed E-state index contributed by atoms with van der Waals surface area (Å²) in [5.74, 6) is 0. The van der Waals surface area contributed by atoms with Crippen molar-refractivity contribution in [1.82, 2.24) is 4.90 Å². The van der Waals surface area contributed by atoms with Crippen molar-refractivity contribution in [2.45, 2.75) is 45.9 Å². The van der Waals surface area contributed by atoms with Crippen molar-refractivity contribution in [1.29, 1.82) is 0 Å². The molecule has 1 aliphatic rings. The molecule has 3 atom stereocenters. The Balaban J connectivity index is 2.53. The number of rotatable bonds is 4. The van der Waals surface area contributed by atoms with Crippen LogP contribution in [0.3, 0.4) is 0 Å². The van der Waals surface area contributed by atoms with E-state index in [0.29, 0.717) is 0 Å². The van der Waals surface area contributed by atoms with Crippen LogP contribution >= 0.6 is 0 Å². The van der Waals surface area contributed by atoms with Gasteiger partial charge in [0.05, 0.1) is 18.8 Å². The molecule has 0 radical (unpaired) electrons. The molecule has 4 heteroatoms. The second-order valence-electron chi connectivity index (χ2n) is 5.72. The van der Waals surface area contributed by atoms with Crippen LogP contribution in [0.5, 0.6) is 0 Å². The first-order valence-corrected chi connectivity index (χ1v) is 6.09. The highest BCUT2D eigenvalue weighted by Crippen LogP contribution is 2.23. The molecule has 1 rings (SSSR count). The van der Waals surface area contributed by atoms with Crippen LogP contribution in [0, 0.1) is 5.41 Å². The largest absolute Gasteiger partial charge is 0.394 e. The standard InChI is InChI=1S/C12H26N2O2/c1-9-5-14(6-11(7-15)16-9)8-12(3,4)10(2)13/h9-11,15H,5-8,13H2,1-4H3. The highest BCUT2D eigenvalue weighted by Gasteiger charge is 2.31. The third-order valence-electron chi connectivity index (χ3n) is 3.47. The molecule has 4 nitrogen and oxygen atoms in total. The zero-order valence-corrected chi connectivity index (χ0v) is 10.9. The van der Waals surface area contributed by atoms with Gasteiger partial charge in [0.1, 0.15) is 0 Å². The highest BCUT2D eigenvalue weighted by molar-refractivity contribution is 4.85. The first-order valence-electron chi connectivity index (χ1n) is 6.09. The number of ether oxygens (including phenoxy) is 1. The Bertz CT molecular complexity index is 219. The van der Waals surface area contributed by atoms with Crippen LogP contribution in [-0.4, -0.2) is 54.5 Å². The maximum Gasteiger partial charge on any atom is 0.0936 e. The predicted molar refractivity (Wildman–Crippen MR) is 65.3 cm³/mol. The van der Waals surface area contributed by atoms with Crippen molar-refractivity contribution in [3.8, 4) is 0 Å². The van der Waals surface area contributed by atoms with E-state index in [9.17, 15) is 0 Å². The highest BCUT2D eigenvalue weighted by atomic mass is 16.5. The van der Waals surface area contributed by atoms with Gasteiger partial charge in [0.15, 0.2) is 0 Å². The van der Waals surface area contributed by atoms with E-state index < -0.39 is 0 Å². The van der Waals surface area contributed by atoms with Crippen LogP contribution < -0.4 is 5.73 Å². The van der Waals surface area contributed by atoms with Gasteiger partial charge in [-0.05, 0) is 19.3 Å². The van der Waals surface area contributed by atoms with E-state index in [1.807, 2.05) is 13.8 Å². The molecule has 3 N–H and O–H groups in total. The van der Waals surface area contributed by atoms with Crippen molar-refractivity contribution in [2.75, 3.05) is 26.2 Å². The first-order chi connectivity index (χ1) is 7.35. The van der Waals surface area contributed by atoms with Crippen LogP contribution in [0.4, 0.5) is 0 Å². The summed E-state index contributed by atoms with van der Waals surface area (Å²) in [7, 11) is 0. The van der Waals surface area contributed by atoms with Crippen molar-refractivity contribution >= 4 is 0 Å². The fourth-order valence-electron chi connectivity index (χ4n) is 2.09. The van der Waals surface area contributed by atoms with Crippen molar-refractivity contribution < 1.29 is 9.84 Å². The summed E-state index contributed by atoms with van der Waals surface area (Å²) in [5.41, 5.74) is 6.08. The van der Waals surface area contributed by atoms with Gasteiger partial charge >= 0.3 is 0 Å². The lowest BCUT2D eigenvalue weighted by atomic mass is 9.85. The van der Waals surface area contributed by atoms with Gasteiger partial charge in [-0.25, -0.2) is 0 Å². The van der Waals surface area contributed by atoms with E-state index in [-0.39, 0.29) is 30.3 Å². The van der Waals surface area contributed by atoms with E-state index in [1.54, 1.807) is 0 Å². The summed E-state index contributed by atoms with van der Waals surface area (Å²) in [4.78, 5) is 2.35. The van der Waals surface area contributed by atoms with E-state index >= 15 is 0 Å². The summed E-state index contributed by atoms with van der Waals surface area (Å²) >= 11 is 0. The average molecular weight is 230 g/mol. The molecule has 0 aliphatic carbocycles. The van der Waals surface area contributed by atoms with Crippen LogP contribution in [0.1, 0.15) is 27.7 Å². The van der Waals surface area contributed by atoms with Crippen molar-refractivity contribution in [2.24, 2.45) is 11.1 Å². The van der Waals surface area contributed by atoms with Gasteiger partial charge in [0.25, 0.3) is 0 Å². The number of aliphatic hydroxyl groups is 1. The van der Waals surface area contributed by atoms with E-state index in [4.69, 9.17) is 15.6 Å². The Morgan fingerprint density at radius 3 is 2.62 bits per heavy atom. The Morgan fingerprint density at radius 2 is 2.12 bits per heavy atom. The third-order valence-corrected chi connectivity index (χ3v) is 3.47. The molecule has 16 heavy (non-hydrogen) atoms. The van der Waals surface area contributed by atoms with E-state index in [1.165, 1.54) is 0 Å². The number of hydrogen-bond acceptors (Lipinski definition) is 4. The molecule has 3 unspecified atom stereocenters. The van der Waals surface area contributed by atoms with Crippen LogP contribution in [0.25, 0.3) is 0 Å². The number of hydrogen-bond donors (Lipinski definition) is 2. The zero-order valence-electron chi connectivity index (χ0n) is 10.9. The molecule has 0 aromatic heterocycles. The average Bonchev–Trinajstić information content (AvgIpc) is 2.15. The van der Waals surface area contributed by atoms with Crippen molar-refractivity contribution in [3.63, 3.8) is 0 Å². The van der Waals surface area contributed by atoms with Gasteiger partial charge in [0, 0.05) is 25.7 Å². The lowest BCUT2D eigenvalue weighted by Gasteiger charge is -2.41. The minimum Gasteiger partial charge on any atom is -0.394 e. The fourth-order valence-corrected chi connectivity index (χ4v) is 2.09. The molecule has 0 amide bonds. The quantitative estimate of drug-likeness (QED) is 0.736. The lowest BCUT2D eigenvalue weighted by Crippen LogP contribution is -2.53. The zero-order chi connectivity index (χ0) is 12.3. The Kier molecular flexibility index (Phi) is 4.73. The lowest BCUT2D eigenvalue weighted by molar-refractivity contribution is -0.102. The first kappa shape index (κ1) is 13.9. The van der Waals surface area contributed by atoms with Crippen LogP contribution in [0.2, 0.25) is 0 Å². The molecule has 1 aliphatic heterocycles. The van der Waals surface area contributed by atoms with Gasteiger partial charge in [-0.2, -0.15) is 0 Å². The maximum absolute atomic E-state index is 9.16. The monoisotopic (exact) mass is 230 g/mol. The maximum atomic E-state index is 9.16. The SMILES string of the molecule is CC1CN(CC(C)(C)C(C)N)CC(CO)O1. The fraction of sp³-hybridized carbons (Fsp3) is 1.00. The Morgan fingerprint density at radius 1 is 1.50 bits per heavy atom. The van der Waals surface area contributed by atoms with Gasteiger partial charge < -0.3 is 15.6 Å². The summed E-state index contributed by atoms with van der Waals surface area (Å²) < 4.78 is 5.62. The summed E-state index contributed by atoms with van der Waals surface area (Å²) in [6.45, 7) is 11.2. The third kappa shape index (κ3) is 3.70. The topological polar surface area (TPSA) is 58.7 Å². The number of nitrogens with zero attached hydrogens (tertiary/aromatic N) is 1. The van der Waals surface area contributed by atoms with Crippen LogP contribution in [-0.2, 0) is 4.74 Å². The van der Waals surface area contributed by atoms with Gasteiger partial charge in [-0.3, -0.25) is 4.90 Å². The van der Waals surface area contributed by atoms with Gasteiger partial charge in [0.2, 0.25) is 0 Å². The molecule has 1 heterocycles. The van der Waals surface area contributed by atoms with E-state index in [2.05, 4.69) is 18.7 Å². The predicted octanol–water partition coefficient (Wildman–Crippen LogP) is 0.441. The summed E-state index contributed by atoms with van der Waals surface area (Å²) in [6, 6.07) is 0.165. The molecular weight excluding hydrogens is 204 g/mol. The molecule has 0 bridgehead atoms. The van der Waals surface area contributed by atoms with Gasteiger partial charge in [-0.15, -0.1) is 0 Å². The Labute approximate surface area is 98.8 Å². The molecule has 0 aromatic carbocycles. The molecule has 96 valence electrons. The minimum absolute atomic E-state index is 0.0485. The van der Waals surface area contributed by atoms with Crippen molar-refractivity contribution in [3.05, 3.63) is 0 Å². The molecule has 0 saturated carbocycles. The summed E-state index contributed by atoms with van der Waals surface area (Å²) in [6.07, 6.45) is 0.141. The Hall–Kier alpha value is -0.160. The molecule has 0 aromatic rings. The molecule has 1 saturated heterocycles. The van der Waals surface area contributed by atoms with E-state index in [0.717, 1.165) is 19.6 Å². The van der Waals surface area contributed by atoms with Gasteiger partial charge in [-0.1, -0.05) is 13.8 Å². The summed E-state index contributed by atoms with van der Waals surface area (Å²) in [5, 5.41) is 9.16. The molecule has 1 fully saturated rings. The molecule has 0 spiro atoms. The number of aliphatic hydroxyl groups excluding tert-OH is 1. The second-order valence-corrected chi connectivity index (χ2v) is 5.72. The number of nitrogens with two attached hydrogens (primary N) is 1. The normalized spacial score (nSPS) is 30.4.